The van der Waals surface area contributed by atoms with Crippen molar-refractivity contribution in [2.24, 2.45) is 0 Å². The Balaban J connectivity index is 2.89. The first kappa shape index (κ1) is 11.1. The summed E-state index contributed by atoms with van der Waals surface area (Å²) in [6.07, 6.45) is 0.0419. The van der Waals surface area contributed by atoms with Crippen molar-refractivity contribution in [1.29, 1.82) is 0 Å². The van der Waals surface area contributed by atoms with Crippen LogP contribution in [-0.4, -0.2) is 21.7 Å². The van der Waals surface area contributed by atoms with Gasteiger partial charge in [0.2, 0.25) is 0 Å². The van der Waals surface area contributed by atoms with E-state index in [0.717, 1.165) is 4.68 Å². The Hall–Kier alpha value is -1.01. The molecule has 0 unspecified atom stereocenters. The van der Waals surface area contributed by atoms with Crippen LogP contribution in [0.2, 0.25) is 0 Å². The number of aromatic nitrogens is 3. The maximum atomic E-state index is 12.1. The SMILES string of the molecule is CCc1nc(CC)n(C[B-](F)(F)F)n1. The van der Waals surface area contributed by atoms with Crippen molar-refractivity contribution in [3.05, 3.63) is 11.6 Å². The van der Waals surface area contributed by atoms with Gasteiger partial charge in [-0.05, 0) is 0 Å². The molecule has 7 heteroatoms. The highest BCUT2D eigenvalue weighted by Crippen LogP contribution is 2.12. The Labute approximate surface area is 80.4 Å². The quantitative estimate of drug-likeness (QED) is 0.703. The number of hydrogen-bond acceptors (Lipinski definition) is 2. The van der Waals surface area contributed by atoms with Gasteiger partial charge in [0.25, 0.3) is 0 Å². The second-order valence-electron chi connectivity index (χ2n) is 3.04. The van der Waals surface area contributed by atoms with Crippen molar-refractivity contribution in [3.8, 4) is 0 Å². The number of hydrogen-bond donors (Lipinski definition) is 0. The van der Waals surface area contributed by atoms with Crippen LogP contribution in [-0.2, 0) is 19.3 Å². The van der Waals surface area contributed by atoms with E-state index in [1.165, 1.54) is 0 Å². The van der Waals surface area contributed by atoms with Gasteiger partial charge in [-0.25, -0.2) is 4.98 Å². The number of aryl methyl sites for hydroxylation is 2. The molecule has 80 valence electrons. The molecule has 0 atom stereocenters. The van der Waals surface area contributed by atoms with Crippen LogP contribution in [0.3, 0.4) is 0 Å². The van der Waals surface area contributed by atoms with Gasteiger partial charge in [0.05, 0.1) is 0 Å². The number of halogens is 3. The third-order valence-electron chi connectivity index (χ3n) is 1.80. The molecule has 0 aliphatic rings. The Bertz CT molecular complexity index is 308. The first-order chi connectivity index (χ1) is 6.46. The van der Waals surface area contributed by atoms with E-state index in [1.807, 2.05) is 6.92 Å². The molecule has 0 bridgehead atoms. The van der Waals surface area contributed by atoms with Gasteiger partial charge < -0.3 is 12.9 Å². The molecule has 3 nitrogen and oxygen atoms in total. The van der Waals surface area contributed by atoms with Gasteiger partial charge in [0.15, 0.2) is 5.82 Å². The Kier molecular flexibility index (Phi) is 3.18. The summed E-state index contributed by atoms with van der Waals surface area (Å²) < 4.78 is 37.4. The smallest absolute Gasteiger partial charge is 0.448 e. The predicted molar refractivity (Wildman–Crippen MR) is 47.9 cm³/mol. The average molecular weight is 206 g/mol. The minimum atomic E-state index is -4.84. The minimum Gasteiger partial charge on any atom is -0.448 e. The summed E-state index contributed by atoms with van der Waals surface area (Å²) in [5, 5.41) is 3.79. The molecule has 0 aliphatic carbocycles. The summed E-state index contributed by atoms with van der Waals surface area (Å²) in [5.74, 6) is 0.878. The van der Waals surface area contributed by atoms with Crippen molar-refractivity contribution < 1.29 is 12.9 Å². The van der Waals surface area contributed by atoms with Crippen LogP contribution in [0.4, 0.5) is 12.9 Å². The molecule has 1 heterocycles. The largest absolute Gasteiger partial charge is 0.499 e. The van der Waals surface area contributed by atoms with E-state index >= 15 is 0 Å². The molecule has 0 aliphatic heterocycles. The molecule has 0 saturated carbocycles. The number of rotatable bonds is 4. The first-order valence-corrected chi connectivity index (χ1v) is 4.59. The Morgan fingerprint density at radius 1 is 1.21 bits per heavy atom. The van der Waals surface area contributed by atoms with E-state index < -0.39 is 13.4 Å². The third kappa shape index (κ3) is 2.75. The zero-order chi connectivity index (χ0) is 10.8. The summed E-state index contributed by atoms with van der Waals surface area (Å²) >= 11 is 0. The molecule has 0 amide bonds. The van der Waals surface area contributed by atoms with Crippen molar-refractivity contribution in [2.75, 3.05) is 0 Å². The van der Waals surface area contributed by atoms with Gasteiger partial charge in [-0.3, -0.25) is 4.68 Å². The molecule has 14 heavy (non-hydrogen) atoms. The van der Waals surface area contributed by atoms with Crippen LogP contribution < -0.4 is 0 Å². The summed E-state index contributed by atoms with van der Waals surface area (Å²) in [6, 6.07) is 0. The fourth-order valence-electron chi connectivity index (χ4n) is 1.18. The Morgan fingerprint density at radius 2 is 1.86 bits per heavy atom. The lowest BCUT2D eigenvalue weighted by Crippen LogP contribution is -2.26. The van der Waals surface area contributed by atoms with Gasteiger partial charge in [0.1, 0.15) is 5.82 Å². The van der Waals surface area contributed by atoms with Gasteiger partial charge in [-0.1, -0.05) is 13.8 Å². The molecule has 0 spiro atoms. The second-order valence-corrected chi connectivity index (χ2v) is 3.04. The summed E-state index contributed by atoms with van der Waals surface area (Å²) in [4.78, 5) is 3.99. The van der Waals surface area contributed by atoms with E-state index in [4.69, 9.17) is 0 Å². The molecule has 0 aromatic carbocycles. The first-order valence-electron chi connectivity index (χ1n) is 4.59. The molecule has 0 fully saturated rings. The van der Waals surface area contributed by atoms with E-state index in [2.05, 4.69) is 10.1 Å². The summed E-state index contributed by atoms with van der Waals surface area (Å²) in [5.41, 5.74) is 0. The highest BCUT2D eigenvalue weighted by Gasteiger charge is 2.25. The molecular weight excluding hydrogens is 194 g/mol. The molecule has 0 saturated heterocycles. The average Bonchev–Trinajstić information content (AvgIpc) is 2.44. The number of nitrogens with zero attached hydrogens (tertiary/aromatic N) is 3. The molecule has 0 radical (unpaired) electrons. The lowest BCUT2D eigenvalue weighted by molar-refractivity contribution is 0.431. The standard InChI is InChI=1S/C7H12BF3N3/c1-3-6-12-7(4-2)14(13-6)5-8(9,10)11/h3-5H2,1-2H3/q-1. The molecule has 0 N–H and O–H groups in total. The predicted octanol–water partition coefficient (Wildman–Crippen LogP) is 1.79. The van der Waals surface area contributed by atoms with Gasteiger partial charge in [0, 0.05) is 19.3 Å². The monoisotopic (exact) mass is 206 g/mol. The van der Waals surface area contributed by atoms with Crippen LogP contribution in [0.25, 0.3) is 0 Å². The third-order valence-corrected chi connectivity index (χ3v) is 1.80. The zero-order valence-electron chi connectivity index (χ0n) is 8.17. The second kappa shape index (κ2) is 4.02. The van der Waals surface area contributed by atoms with Crippen molar-refractivity contribution in [2.45, 2.75) is 33.1 Å². The molecule has 1 rings (SSSR count). The van der Waals surface area contributed by atoms with E-state index in [0.29, 0.717) is 24.5 Å². The molecule has 1 aromatic heterocycles. The van der Waals surface area contributed by atoms with E-state index in [9.17, 15) is 12.9 Å². The summed E-state index contributed by atoms with van der Waals surface area (Å²) in [7, 11) is 0. The van der Waals surface area contributed by atoms with Crippen LogP contribution in [0.5, 0.6) is 0 Å². The van der Waals surface area contributed by atoms with Crippen LogP contribution in [0.1, 0.15) is 25.5 Å². The lowest BCUT2D eigenvalue weighted by atomic mass is 9.92. The minimum absolute atomic E-state index is 0.404. The van der Waals surface area contributed by atoms with Gasteiger partial charge >= 0.3 is 6.98 Å². The highest BCUT2D eigenvalue weighted by atomic mass is 19.4. The maximum Gasteiger partial charge on any atom is 0.499 e. The molecule has 1 aromatic rings. The maximum absolute atomic E-state index is 12.1. The fourth-order valence-corrected chi connectivity index (χ4v) is 1.18. The zero-order valence-corrected chi connectivity index (χ0v) is 8.17. The van der Waals surface area contributed by atoms with Crippen molar-refractivity contribution >= 4 is 6.98 Å². The van der Waals surface area contributed by atoms with E-state index in [1.54, 1.807) is 6.92 Å². The fraction of sp³-hybridized carbons (Fsp3) is 0.714. The topological polar surface area (TPSA) is 30.7 Å². The van der Waals surface area contributed by atoms with Crippen LogP contribution in [0.15, 0.2) is 0 Å². The van der Waals surface area contributed by atoms with Crippen LogP contribution >= 0.6 is 0 Å². The van der Waals surface area contributed by atoms with Crippen molar-refractivity contribution in [3.63, 3.8) is 0 Å². The van der Waals surface area contributed by atoms with Crippen LogP contribution in [0, 0.1) is 0 Å². The highest BCUT2D eigenvalue weighted by molar-refractivity contribution is 6.57. The summed E-state index contributed by atoms with van der Waals surface area (Å²) in [6.45, 7) is -1.26. The van der Waals surface area contributed by atoms with E-state index in [-0.39, 0.29) is 0 Å². The lowest BCUT2D eigenvalue weighted by Gasteiger charge is -2.14. The van der Waals surface area contributed by atoms with Gasteiger partial charge in [-0.15, -0.1) is 0 Å². The molecular formula is C7H12BF3N3-. The van der Waals surface area contributed by atoms with Gasteiger partial charge in [-0.2, -0.15) is 5.10 Å². The normalized spacial score (nSPS) is 12.1. The van der Waals surface area contributed by atoms with Crippen molar-refractivity contribution in [1.82, 2.24) is 14.8 Å². The Morgan fingerprint density at radius 3 is 2.29 bits per heavy atom.